The summed E-state index contributed by atoms with van der Waals surface area (Å²) >= 11 is 0. The summed E-state index contributed by atoms with van der Waals surface area (Å²) in [6.45, 7) is 4.09. The zero-order chi connectivity index (χ0) is 23.8. The molecule has 4 aromatic rings. The van der Waals surface area contributed by atoms with E-state index >= 15 is 0 Å². The van der Waals surface area contributed by atoms with E-state index in [2.05, 4.69) is 12.2 Å². The Bertz CT molecular complexity index is 1230. The molecule has 176 valence electrons. The summed E-state index contributed by atoms with van der Waals surface area (Å²) in [4.78, 5) is 13.4. The Morgan fingerprint density at radius 2 is 1.74 bits per heavy atom. The van der Waals surface area contributed by atoms with Gasteiger partial charge in [0.2, 0.25) is 0 Å². The van der Waals surface area contributed by atoms with Crippen LogP contribution in [0.4, 0.5) is 0 Å². The number of phenols is 1. The predicted molar refractivity (Wildman–Crippen MR) is 135 cm³/mol. The van der Waals surface area contributed by atoms with Gasteiger partial charge in [-0.25, -0.2) is 0 Å². The SMILES string of the molecule is CCCCc1oc2ccccc2c1C(=O)c1ccc(OCCCNCc2ccccc2O)cc1. The van der Waals surface area contributed by atoms with Crippen LogP contribution in [0.1, 0.15) is 53.4 Å². The fourth-order valence-corrected chi connectivity index (χ4v) is 3.98. The van der Waals surface area contributed by atoms with Gasteiger partial charge in [0.1, 0.15) is 22.8 Å². The Labute approximate surface area is 200 Å². The molecule has 0 amide bonds. The van der Waals surface area contributed by atoms with Gasteiger partial charge in [-0.2, -0.15) is 0 Å². The van der Waals surface area contributed by atoms with Gasteiger partial charge in [-0.05, 0) is 55.8 Å². The smallest absolute Gasteiger partial charge is 0.197 e. The van der Waals surface area contributed by atoms with Gasteiger partial charge in [0.05, 0.1) is 12.2 Å². The quantitative estimate of drug-likeness (QED) is 0.194. The molecule has 5 nitrogen and oxygen atoms in total. The number of benzene rings is 3. The highest BCUT2D eigenvalue weighted by atomic mass is 16.5. The van der Waals surface area contributed by atoms with Crippen LogP contribution in [0.25, 0.3) is 11.0 Å². The third kappa shape index (κ3) is 5.67. The van der Waals surface area contributed by atoms with Gasteiger partial charge in [0, 0.05) is 29.5 Å². The Balaban J connectivity index is 1.32. The molecule has 0 radical (unpaired) electrons. The van der Waals surface area contributed by atoms with E-state index < -0.39 is 0 Å². The van der Waals surface area contributed by atoms with Crippen molar-refractivity contribution in [1.29, 1.82) is 0 Å². The van der Waals surface area contributed by atoms with Gasteiger partial charge >= 0.3 is 0 Å². The first-order valence-corrected chi connectivity index (χ1v) is 11.9. The number of aromatic hydroxyl groups is 1. The second-order valence-electron chi connectivity index (χ2n) is 8.36. The maximum Gasteiger partial charge on any atom is 0.197 e. The summed E-state index contributed by atoms with van der Waals surface area (Å²) in [6, 6.07) is 22.4. The summed E-state index contributed by atoms with van der Waals surface area (Å²) in [5.74, 6) is 1.79. The van der Waals surface area contributed by atoms with Crippen molar-refractivity contribution in [3.63, 3.8) is 0 Å². The molecule has 0 aliphatic heterocycles. The van der Waals surface area contributed by atoms with Gasteiger partial charge in [-0.15, -0.1) is 0 Å². The minimum atomic E-state index is -0.0176. The second-order valence-corrected chi connectivity index (χ2v) is 8.36. The predicted octanol–water partition coefficient (Wildman–Crippen LogP) is 6.27. The van der Waals surface area contributed by atoms with Crippen LogP contribution in [0, 0.1) is 0 Å². The largest absolute Gasteiger partial charge is 0.508 e. The monoisotopic (exact) mass is 457 g/mol. The Hall–Kier alpha value is -3.57. The molecule has 0 saturated carbocycles. The normalized spacial score (nSPS) is 11.1. The van der Waals surface area contributed by atoms with Crippen molar-refractivity contribution < 1.29 is 19.1 Å². The summed E-state index contributed by atoms with van der Waals surface area (Å²) < 4.78 is 11.9. The zero-order valence-corrected chi connectivity index (χ0v) is 19.5. The van der Waals surface area contributed by atoms with Crippen molar-refractivity contribution >= 4 is 16.8 Å². The van der Waals surface area contributed by atoms with Crippen molar-refractivity contribution in [1.82, 2.24) is 5.32 Å². The first-order chi connectivity index (χ1) is 16.7. The Morgan fingerprint density at radius 1 is 0.971 bits per heavy atom. The van der Waals surface area contributed by atoms with Crippen LogP contribution in [0.5, 0.6) is 11.5 Å². The molecule has 0 unspecified atom stereocenters. The summed E-state index contributed by atoms with van der Waals surface area (Å²) in [5, 5.41) is 14.0. The minimum absolute atomic E-state index is 0.0176. The van der Waals surface area contributed by atoms with Crippen molar-refractivity contribution in [2.24, 2.45) is 0 Å². The number of unbranched alkanes of at least 4 members (excludes halogenated alkanes) is 1. The first-order valence-electron chi connectivity index (χ1n) is 11.9. The summed E-state index contributed by atoms with van der Waals surface area (Å²) in [7, 11) is 0. The highest BCUT2D eigenvalue weighted by Gasteiger charge is 2.21. The van der Waals surface area contributed by atoms with Crippen LogP contribution in [0.2, 0.25) is 0 Å². The molecule has 0 spiro atoms. The molecule has 0 fully saturated rings. The van der Waals surface area contributed by atoms with Gasteiger partial charge in [0.15, 0.2) is 5.78 Å². The molecular formula is C29H31NO4. The van der Waals surface area contributed by atoms with Crippen LogP contribution in [0.3, 0.4) is 0 Å². The second kappa shape index (κ2) is 11.5. The van der Waals surface area contributed by atoms with Gasteiger partial charge in [0.25, 0.3) is 0 Å². The molecular weight excluding hydrogens is 426 g/mol. The molecule has 0 aliphatic carbocycles. The molecule has 0 saturated heterocycles. The number of hydrogen-bond acceptors (Lipinski definition) is 5. The standard InChI is InChI=1S/C29H31NO4/c1-2-3-12-27-28(24-10-5-7-13-26(24)34-27)29(32)21-14-16-23(17-15-21)33-19-8-18-30-20-22-9-4-6-11-25(22)31/h4-7,9-11,13-17,30-31H,2-3,8,12,18-20H2,1H3. The Morgan fingerprint density at radius 3 is 2.53 bits per heavy atom. The number of fused-ring (bicyclic) bond motifs is 1. The summed E-state index contributed by atoms with van der Waals surface area (Å²) in [5.41, 5.74) is 2.94. The highest BCUT2D eigenvalue weighted by molar-refractivity contribution is 6.16. The lowest BCUT2D eigenvalue weighted by atomic mass is 9.98. The maximum absolute atomic E-state index is 13.4. The molecule has 5 heteroatoms. The number of rotatable bonds is 12. The molecule has 0 atom stereocenters. The maximum atomic E-state index is 13.4. The third-order valence-corrected chi connectivity index (χ3v) is 5.84. The van der Waals surface area contributed by atoms with Crippen LogP contribution < -0.4 is 10.1 Å². The number of carbonyl (C=O) groups is 1. The highest BCUT2D eigenvalue weighted by Crippen LogP contribution is 2.29. The average molecular weight is 458 g/mol. The molecule has 1 aromatic heterocycles. The molecule has 2 N–H and O–H groups in total. The number of phenolic OH excluding ortho intramolecular Hbond substituents is 1. The molecule has 1 heterocycles. The van der Waals surface area contributed by atoms with E-state index in [1.54, 1.807) is 6.07 Å². The average Bonchev–Trinajstić information content (AvgIpc) is 3.24. The number of hydrogen-bond donors (Lipinski definition) is 2. The Kier molecular flexibility index (Phi) is 7.99. The lowest BCUT2D eigenvalue weighted by Gasteiger charge is -2.09. The number of nitrogens with one attached hydrogen (secondary N) is 1. The van der Waals surface area contributed by atoms with E-state index in [0.717, 1.165) is 60.3 Å². The van der Waals surface area contributed by atoms with Crippen LogP contribution in [0.15, 0.2) is 77.2 Å². The number of ketones is 1. The molecule has 4 rings (SSSR count). The van der Waals surface area contributed by atoms with E-state index in [0.29, 0.717) is 30.0 Å². The number of furan rings is 1. The van der Waals surface area contributed by atoms with Crippen molar-refractivity contribution in [3.05, 3.63) is 95.2 Å². The van der Waals surface area contributed by atoms with Gasteiger partial charge in [-0.1, -0.05) is 49.7 Å². The molecule has 3 aromatic carbocycles. The number of para-hydroxylation sites is 2. The number of carbonyl (C=O) groups excluding carboxylic acids is 1. The molecule has 34 heavy (non-hydrogen) atoms. The van der Waals surface area contributed by atoms with E-state index in [-0.39, 0.29) is 5.78 Å². The zero-order valence-electron chi connectivity index (χ0n) is 19.5. The van der Waals surface area contributed by atoms with E-state index in [4.69, 9.17) is 9.15 Å². The topological polar surface area (TPSA) is 71.7 Å². The number of ether oxygens (including phenoxy) is 1. The molecule has 0 bridgehead atoms. The lowest BCUT2D eigenvalue weighted by molar-refractivity contribution is 0.103. The van der Waals surface area contributed by atoms with Gasteiger partial charge in [-0.3, -0.25) is 4.79 Å². The molecule has 0 aliphatic rings. The van der Waals surface area contributed by atoms with E-state index in [1.165, 1.54) is 0 Å². The lowest BCUT2D eigenvalue weighted by Crippen LogP contribution is -2.17. The van der Waals surface area contributed by atoms with Crippen LogP contribution in [-0.2, 0) is 13.0 Å². The minimum Gasteiger partial charge on any atom is -0.508 e. The van der Waals surface area contributed by atoms with Gasteiger partial charge < -0.3 is 19.6 Å². The fraction of sp³-hybridized carbons (Fsp3) is 0.276. The summed E-state index contributed by atoms with van der Waals surface area (Å²) in [6.07, 6.45) is 3.61. The van der Waals surface area contributed by atoms with Crippen molar-refractivity contribution in [2.45, 2.75) is 39.2 Å². The van der Waals surface area contributed by atoms with Crippen LogP contribution in [-0.4, -0.2) is 24.0 Å². The van der Waals surface area contributed by atoms with E-state index in [1.807, 2.05) is 66.7 Å². The third-order valence-electron chi connectivity index (χ3n) is 5.84. The van der Waals surface area contributed by atoms with Crippen LogP contribution >= 0.6 is 0 Å². The van der Waals surface area contributed by atoms with E-state index in [9.17, 15) is 9.90 Å². The fourth-order valence-electron chi connectivity index (χ4n) is 3.98. The van der Waals surface area contributed by atoms with Crippen molar-refractivity contribution in [2.75, 3.05) is 13.2 Å². The van der Waals surface area contributed by atoms with Crippen molar-refractivity contribution in [3.8, 4) is 11.5 Å². The number of aryl methyl sites for hydroxylation is 1. The first kappa shape index (κ1) is 23.6.